The third-order valence-electron chi connectivity index (χ3n) is 3.61. The maximum absolute atomic E-state index is 14.4. The Balaban J connectivity index is 1.75. The van der Waals surface area contributed by atoms with Crippen molar-refractivity contribution in [2.45, 2.75) is 13.5 Å². The fourth-order valence-corrected chi connectivity index (χ4v) is 2.49. The standard InChI is InChI=1S/C15H18FN5OS/c1-11(23)17-9-12-10-21(19-18-12)13-2-3-15(14(16)8-13)20-4-6-22-7-5-20/h2-3,8,10H,4-7,9H2,1H3,(H,17,23). The molecule has 0 radical (unpaired) electrons. The van der Waals surface area contributed by atoms with Gasteiger partial charge in [0.15, 0.2) is 0 Å². The van der Waals surface area contributed by atoms with Gasteiger partial charge in [0.05, 0.1) is 42.3 Å². The van der Waals surface area contributed by atoms with Crippen LogP contribution in [0.15, 0.2) is 24.4 Å². The number of thiocarbonyl (C=S) groups is 1. The maximum atomic E-state index is 14.4. The lowest BCUT2D eigenvalue weighted by Crippen LogP contribution is -2.36. The summed E-state index contributed by atoms with van der Waals surface area (Å²) in [6.07, 6.45) is 1.76. The van der Waals surface area contributed by atoms with Gasteiger partial charge >= 0.3 is 0 Å². The summed E-state index contributed by atoms with van der Waals surface area (Å²) in [5, 5.41) is 11.1. The summed E-state index contributed by atoms with van der Waals surface area (Å²) in [5.74, 6) is -0.269. The van der Waals surface area contributed by atoms with Crippen LogP contribution < -0.4 is 10.2 Å². The van der Waals surface area contributed by atoms with E-state index in [9.17, 15) is 4.39 Å². The van der Waals surface area contributed by atoms with Gasteiger partial charge in [0, 0.05) is 19.2 Å². The third kappa shape index (κ3) is 3.83. The first-order valence-electron chi connectivity index (χ1n) is 7.42. The molecule has 1 saturated heterocycles. The quantitative estimate of drug-likeness (QED) is 0.858. The number of nitrogens with zero attached hydrogens (tertiary/aromatic N) is 4. The summed E-state index contributed by atoms with van der Waals surface area (Å²) >= 11 is 4.96. The van der Waals surface area contributed by atoms with Crippen molar-refractivity contribution in [1.82, 2.24) is 20.3 Å². The van der Waals surface area contributed by atoms with Gasteiger partial charge in [-0.2, -0.15) is 0 Å². The van der Waals surface area contributed by atoms with Crippen LogP contribution in [0.3, 0.4) is 0 Å². The van der Waals surface area contributed by atoms with Crippen molar-refractivity contribution in [2.24, 2.45) is 0 Å². The van der Waals surface area contributed by atoms with E-state index in [4.69, 9.17) is 17.0 Å². The highest BCUT2D eigenvalue weighted by Crippen LogP contribution is 2.23. The van der Waals surface area contributed by atoms with Crippen molar-refractivity contribution < 1.29 is 9.13 Å². The van der Waals surface area contributed by atoms with E-state index in [-0.39, 0.29) is 5.82 Å². The zero-order valence-corrected chi connectivity index (χ0v) is 13.6. The van der Waals surface area contributed by atoms with Crippen LogP contribution in [0.25, 0.3) is 5.69 Å². The molecule has 1 aromatic carbocycles. The summed E-state index contributed by atoms with van der Waals surface area (Å²) in [6.45, 7) is 4.96. The van der Waals surface area contributed by atoms with E-state index >= 15 is 0 Å². The highest BCUT2D eigenvalue weighted by atomic mass is 32.1. The predicted octanol–water partition coefficient (Wildman–Crippen LogP) is 1.68. The molecule has 1 N–H and O–H groups in total. The van der Waals surface area contributed by atoms with Gasteiger partial charge in [-0.05, 0) is 19.1 Å². The number of ether oxygens (including phenoxy) is 1. The van der Waals surface area contributed by atoms with Gasteiger partial charge in [0.2, 0.25) is 0 Å². The summed E-state index contributed by atoms with van der Waals surface area (Å²) in [7, 11) is 0. The highest BCUT2D eigenvalue weighted by Gasteiger charge is 2.16. The Morgan fingerprint density at radius 2 is 2.17 bits per heavy atom. The van der Waals surface area contributed by atoms with Crippen LogP contribution >= 0.6 is 12.2 Å². The molecule has 0 unspecified atom stereocenters. The molecule has 3 rings (SSSR count). The third-order valence-corrected chi connectivity index (χ3v) is 3.75. The number of nitrogens with one attached hydrogen (secondary N) is 1. The molecule has 2 heterocycles. The van der Waals surface area contributed by atoms with Crippen molar-refractivity contribution in [3.63, 3.8) is 0 Å². The molecule has 1 fully saturated rings. The number of benzene rings is 1. The molecule has 122 valence electrons. The topological polar surface area (TPSA) is 55.2 Å². The molecule has 0 atom stereocenters. The van der Waals surface area contributed by atoms with Crippen LogP contribution in [0.1, 0.15) is 12.6 Å². The minimum absolute atomic E-state index is 0.269. The Morgan fingerprint density at radius 1 is 1.39 bits per heavy atom. The molecule has 0 saturated carbocycles. The lowest BCUT2D eigenvalue weighted by Gasteiger charge is -2.29. The highest BCUT2D eigenvalue weighted by molar-refractivity contribution is 7.80. The number of hydrogen-bond donors (Lipinski definition) is 1. The molecule has 0 spiro atoms. The first-order chi connectivity index (χ1) is 11.1. The lowest BCUT2D eigenvalue weighted by molar-refractivity contribution is 0.122. The van der Waals surface area contributed by atoms with Gasteiger partial charge in [-0.15, -0.1) is 5.10 Å². The van der Waals surface area contributed by atoms with Crippen molar-refractivity contribution in [2.75, 3.05) is 31.2 Å². The first kappa shape index (κ1) is 15.8. The zero-order valence-electron chi connectivity index (χ0n) is 12.8. The van der Waals surface area contributed by atoms with Crippen LogP contribution in [0.5, 0.6) is 0 Å². The molecule has 23 heavy (non-hydrogen) atoms. The van der Waals surface area contributed by atoms with Gasteiger partial charge in [0.1, 0.15) is 11.5 Å². The molecule has 0 bridgehead atoms. The van der Waals surface area contributed by atoms with Crippen LogP contribution in [0.2, 0.25) is 0 Å². The Labute approximate surface area is 139 Å². The summed E-state index contributed by atoms with van der Waals surface area (Å²) in [5.41, 5.74) is 1.97. The van der Waals surface area contributed by atoms with Crippen LogP contribution in [0, 0.1) is 5.82 Å². The smallest absolute Gasteiger partial charge is 0.148 e. The van der Waals surface area contributed by atoms with Crippen molar-refractivity contribution in [1.29, 1.82) is 0 Å². The molecular weight excluding hydrogens is 317 g/mol. The average Bonchev–Trinajstić information content (AvgIpc) is 3.02. The Morgan fingerprint density at radius 3 is 2.87 bits per heavy atom. The second kappa shape index (κ2) is 7.01. The van der Waals surface area contributed by atoms with Crippen LogP contribution in [0.4, 0.5) is 10.1 Å². The minimum atomic E-state index is -0.269. The van der Waals surface area contributed by atoms with Crippen molar-refractivity contribution in [3.8, 4) is 5.69 Å². The SMILES string of the molecule is CC(=S)NCc1cn(-c2ccc(N3CCOCC3)c(F)c2)nn1. The number of aromatic nitrogens is 3. The van der Waals surface area contributed by atoms with Crippen molar-refractivity contribution >= 4 is 22.9 Å². The largest absolute Gasteiger partial charge is 0.378 e. The Hall–Kier alpha value is -2.06. The number of hydrogen-bond acceptors (Lipinski definition) is 5. The zero-order chi connectivity index (χ0) is 16.2. The summed E-state index contributed by atoms with van der Waals surface area (Å²) in [6, 6.07) is 5.09. The molecule has 2 aromatic rings. The van der Waals surface area contributed by atoms with Crippen LogP contribution in [-0.2, 0) is 11.3 Å². The number of anilines is 1. The van der Waals surface area contributed by atoms with E-state index in [1.807, 2.05) is 11.0 Å². The molecule has 0 aliphatic carbocycles. The van der Waals surface area contributed by atoms with E-state index in [0.29, 0.717) is 49.2 Å². The van der Waals surface area contributed by atoms with Gasteiger partial charge in [0.25, 0.3) is 0 Å². The van der Waals surface area contributed by atoms with Gasteiger partial charge < -0.3 is 15.0 Å². The molecule has 8 heteroatoms. The minimum Gasteiger partial charge on any atom is -0.378 e. The van der Waals surface area contributed by atoms with E-state index in [1.54, 1.807) is 23.9 Å². The van der Waals surface area contributed by atoms with Crippen LogP contribution in [-0.4, -0.2) is 46.3 Å². The van der Waals surface area contributed by atoms with Gasteiger partial charge in [-0.25, -0.2) is 9.07 Å². The normalized spacial score (nSPS) is 14.8. The van der Waals surface area contributed by atoms with E-state index in [0.717, 1.165) is 5.69 Å². The fraction of sp³-hybridized carbons (Fsp3) is 0.400. The van der Waals surface area contributed by atoms with Gasteiger partial charge in [-0.1, -0.05) is 17.4 Å². The number of rotatable bonds is 4. The summed E-state index contributed by atoms with van der Waals surface area (Å²) < 4.78 is 21.3. The van der Waals surface area contributed by atoms with E-state index in [2.05, 4.69) is 15.6 Å². The number of halogens is 1. The number of morpholine rings is 1. The monoisotopic (exact) mass is 335 g/mol. The molecular formula is C15H18FN5OS. The van der Waals surface area contributed by atoms with E-state index in [1.165, 1.54) is 6.07 Å². The van der Waals surface area contributed by atoms with Crippen molar-refractivity contribution in [3.05, 3.63) is 35.9 Å². The Bertz CT molecular complexity index is 699. The molecule has 0 amide bonds. The Kier molecular flexibility index (Phi) is 4.82. The predicted molar refractivity (Wildman–Crippen MR) is 89.5 cm³/mol. The second-order valence-corrected chi connectivity index (χ2v) is 5.91. The second-order valence-electron chi connectivity index (χ2n) is 5.30. The lowest BCUT2D eigenvalue weighted by atomic mass is 10.2. The fourth-order valence-electron chi connectivity index (χ4n) is 2.42. The molecule has 1 aliphatic rings. The van der Waals surface area contributed by atoms with Gasteiger partial charge in [-0.3, -0.25) is 0 Å². The average molecular weight is 335 g/mol. The maximum Gasteiger partial charge on any atom is 0.148 e. The molecule has 6 nitrogen and oxygen atoms in total. The first-order valence-corrected chi connectivity index (χ1v) is 7.82. The molecule has 1 aromatic heterocycles. The molecule has 1 aliphatic heterocycles. The summed E-state index contributed by atoms with van der Waals surface area (Å²) in [4.78, 5) is 2.68. The van der Waals surface area contributed by atoms with E-state index < -0.39 is 0 Å².